The maximum atomic E-state index is 12.1. The minimum atomic E-state index is -0.795. The van der Waals surface area contributed by atoms with Crippen LogP contribution in [0.3, 0.4) is 0 Å². The van der Waals surface area contributed by atoms with Crippen molar-refractivity contribution in [2.75, 3.05) is 12.0 Å². The summed E-state index contributed by atoms with van der Waals surface area (Å²) in [5, 5.41) is 5.35. The van der Waals surface area contributed by atoms with Gasteiger partial charge < -0.3 is 16.4 Å². The van der Waals surface area contributed by atoms with E-state index >= 15 is 0 Å². The van der Waals surface area contributed by atoms with E-state index in [1.165, 1.54) is 18.7 Å². The van der Waals surface area contributed by atoms with Crippen LogP contribution in [-0.2, 0) is 14.4 Å². The molecule has 0 spiro atoms. The quantitative estimate of drug-likeness (QED) is 0.545. The van der Waals surface area contributed by atoms with Crippen LogP contribution < -0.4 is 16.4 Å². The van der Waals surface area contributed by atoms with Crippen LogP contribution in [0.1, 0.15) is 20.3 Å². The van der Waals surface area contributed by atoms with Gasteiger partial charge in [-0.2, -0.15) is 11.8 Å². The Hall–Kier alpha value is -1.50. The highest BCUT2D eigenvalue weighted by atomic mass is 32.2. The molecule has 19 heavy (non-hydrogen) atoms. The number of primary amides is 1. The Balaban J connectivity index is 4.76. The van der Waals surface area contributed by atoms with E-state index in [0.717, 1.165) is 0 Å². The van der Waals surface area contributed by atoms with Gasteiger partial charge in [-0.1, -0.05) is 6.08 Å². The van der Waals surface area contributed by atoms with Crippen molar-refractivity contribution in [2.24, 2.45) is 5.73 Å². The van der Waals surface area contributed by atoms with Gasteiger partial charge in [0.05, 0.1) is 0 Å². The van der Waals surface area contributed by atoms with E-state index in [2.05, 4.69) is 10.6 Å². The van der Waals surface area contributed by atoms with Crippen molar-refractivity contribution in [1.82, 2.24) is 10.6 Å². The van der Waals surface area contributed by atoms with Crippen LogP contribution in [0.5, 0.6) is 0 Å². The van der Waals surface area contributed by atoms with E-state index in [1.54, 1.807) is 31.2 Å². The molecule has 0 aromatic carbocycles. The zero-order valence-corrected chi connectivity index (χ0v) is 12.2. The molecule has 4 N–H and O–H groups in total. The SMILES string of the molecule is [3H]NC(=O)[C@H](CSC)NC(=O)[C@H](CC(C)=O)NC=CC. The van der Waals surface area contributed by atoms with Gasteiger partial charge in [0.15, 0.2) is 1.41 Å². The first kappa shape index (κ1) is 15.6. The van der Waals surface area contributed by atoms with E-state index < -0.39 is 23.9 Å². The molecule has 0 aromatic rings. The molecule has 0 unspecified atom stereocenters. The van der Waals surface area contributed by atoms with Gasteiger partial charge >= 0.3 is 0 Å². The fourth-order valence-corrected chi connectivity index (χ4v) is 1.92. The van der Waals surface area contributed by atoms with Gasteiger partial charge in [-0.3, -0.25) is 14.4 Å². The van der Waals surface area contributed by atoms with Crippen LogP contribution in [0.15, 0.2) is 12.3 Å². The predicted octanol–water partition coefficient (Wildman–Crippen LogP) is -0.210. The lowest BCUT2D eigenvalue weighted by molar-refractivity contribution is -0.129. The lowest BCUT2D eigenvalue weighted by Gasteiger charge is -2.20. The third-order valence-electron chi connectivity index (χ3n) is 2.24. The standard InChI is InChI=1S/C12H21N3O3S/c1-4-5-14-9(6-8(2)16)12(18)15-10(7-19-3)11(13)17/h4-5,9-10,14H,6-7H2,1-3H3,(H2,13,17)(H,15,18)/t9-,10-/m0/s1/i/hT. The molecule has 7 heteroatoms. The second-order valence-electron chi connectivity index (χ2n) is 4.01. The van der Waals surface area contributed by atoms with Crippen molar-refractivity contribution in [3.8, 4) is 0 Å². The molecule has 0 saturated carbocycles. The number of Topliss-reactive ketones (excluding diaryl/α,β-unsaturated/α-hetero) is 1. The van der Waals surface area contributed by atoms with Gasteiger partial charge in [0.1, 0.15) is 17.9 Å². The number of rotatable bonds is 9. The van der Waals surface area contributed by atoms with Crippen molar-refractivity contribution in [3.05, 3.63) is 12.3 Å². The van der Waals surface area contributed by atoms with E-state index in [-0.39, 0.29) is 12.2 Å². The maximum absolute atomic E-state index is 12.1. The van der Waals surface area contributed by atoms with Crippen LogP contribution in [0.25, 0.3) is 0 Å². The average molecular weight is 289 g/mol. The number of nitrogens with two attached hydrogens (primary N) is 1. The van der Waals surface area contributed by atoms with Crippen LogP contribution in [0, 0.1) is 0 Å². The molecule has 0 heterocycles. The van der Waals surface area contributed by atoms with E-state index in [9.17, 15) is 14.4 Å². The summed E-state index contributed by atoms with van der Waals surface area (Å²) in [6, 6.07) is -1.52. The third kappa shape index (κ3) is 7.50. The summed E-state index contributed by atoms with van der Waals surface area (Å²) < 4.78 is 6.85. The first-order chi connectivity index (χ1) is 9.46. The van der Waals surface area contributed by atoms with E-state index in [0.29, 0.717) is 5.75 Å². The van der Waals surface area contributed by atoms with E-state index in [4.69, 9.17) is 1.41 Å². The molecular weight excluding hydrogens is 266 g/mol. The highest BCUT2D eigenvalue weighted by molar-refractivity contribution is 7.98. The zero-order valence-electron chi connectivity index (χ0n) is 12.4. The smallest absolute Gasteiger partial charge is 0.243 e. The minimum absolute atomic E-state index is 0.0324. The van der Waals surface area contributed by atoms with Crippen molar-refractivity contribution in [1.29, 1.82) is 0 Å². The molecule has 0 aliphatic rings. The molecule has 0 rings (SSSR count). The van der Waals surface area contributed by atoms with Crippen molar-refractivity contribution >= 4 is 29.4 Å². The summed E-state index contributed by atoms with van der Waals surface area (Å²) >= 11 is 1.38. The molecule has 0 radical (unpaired) electrons. The molecule has 0 bridgehead atoms. The largest absolute Gasteiger partial charge is 0.380 e. The van der Waals surface area contributed by atoms with Crippen molar-refractivity contribution in [2.45, 2.75) is 32.4 Å². The lowest BCUT2D eigenvalue weighted by atomic mass is 10.1. The number of thioether (sulfide) groups is 1. The Morgan fingerprint density at radius 2 is 2.11 bits per heavy atom. The molecule has 0 saturated heterocycles. The molecule has 2 atom stereocenters. The fourth-order valence-electron chi connectivity index (χ4n) is 1.35. The number of ketones is 1. The molecule has 0 aliphatic heterocycles. The Bertz CT molecular complexity index is 377. The number of carbonyl (C=O) groups is 3. The topological polar surface area (TPSA) is 101 Å². The number of carbonyl (C=O) groups excluding carboxylic acids is 3. The first-order valence-electron chi connectivity index (χ1n) is 6.33. The summed E-state index contributed by atoms with van der Waals surface area (Å²) in [5.74, 6) is -0.804. The van der Waals surface area contributed by atoms with Gasteiger partial charge in [0.2, 0.25) is 11.8 Å². The Morgan fingerprint density at radius 3 is 2.58 bits per heavy atom. The van der Waals surface area contributed by atoms with Gasteiger partial charge in [-0.05, 0) is 26.3 Å². The molecule has 2 amide bonds. The average Bonchev–Trinajstić information content (AvgIpc) is 2.41. The van der Waals surface area contributed by atoms with Gasteiger partial charge in [0.25, 0.3) is 0 Å². The molecular formula is C12H21N3O3S. The normalized spacial score (nSPS) is 14.4. The number of amides is 2. The Labute approximate surface area is 119 Å². The summed E-state index contributed by atoms with van der Waals surface area (Å²) in [6.45, 7) is 3.17. The second kappa shape index (κ2) is 9.43. The highest BCUT2D eigenvalue weighted by Crippen LogP contribution is 2.00. The monoisotopic (exact) mass is 289 g/mol. The van der Waals surface area contributed by atoms with E-state index in [1.807, 2.05) is 0 Å². The number of allylic oxidation sites excluding steroid dienone is 1. The summed E-state index contributed by atoms with van der Waals surface area (Å²) in [5.41, 5.74) is 1.76. The number of hydrogen-bond acceptors (Lipinski definition) is 5. The molecule has 108 valence electrons. The predicted molar refractivity (Wildman–Crippen MR) is 76.5 cm³/mol. The van der Waals surface area contributed by atoms with Crippen molar-refractivity contribution < 1.29 is 15.8 Å². The summed E-state index contributed by atoms with van der Waals surface area (Å²) in [6.07, 6.45) is 5.10. The van der Waals surface area contributed by atoms with Crippen LogP contribution >= 0.6 is 11.8 Å². The molecule has 6 nitrogen and oxygen atoms in total. The number of hydrogen-bond donors (Lipinski definition) is 3. The number of nitrogens with one attached hydrogen (secondary N) is 2. The minimum Gasteiger partial charge on any atom is -0.380 e. The van der Waals surface area contributed by atoms with Crippen LogP contribution in [-0.4, -0.2) is 41.7 Å². The Morgan fingerprint density at radius 1 is 1.42 bits per heavy atom. The zero-order chi connectivity index (χ0) is 15.5. The van der Waals surface area contributed by atoms with Crippen LogP contribution in [0.2, 0.25) is 1.41 Å². The second-order valence-corrected chi connectivity index (χ2v) is 4.92. The summed E-state index contributed by atoms with van der Waals surface area (Å²) in [7, 11) is 0. The Kier molecular flexibility index (Phi) is 7.72. The lowest BCUT2D eigenvalue weighted by Crippen LogP contribution is -2.52. The molecule has 0 aliphatic carbocycles. The maximum Gasteiger partial charge on any atom is 0.243 e. The first-order valence-corrected chi connectivity index (χ1v) is 7.23. The van der Waals surface area contributed by atoms with Crippen molar-refractivity contribution in [3.63, 3.8) is 0 Å². The third-order valence-corrected chi connectivity index (χ3v) is 2.91. The molecule has 0 fully saturated rings. The van der Waals surface area contributed by atoms with Gasteiger partial charge in [-0.25, -0.2) is 0 Å². The molecule has 0 aromatic heterocycles. The highest BCUT2D eigenvalue weighted by Gasteiger charge is 2.24. The van der Waals surface area contributed by atoms with Gasteiger partial charge in [-0.15, -0.1) is 0 Å². The van der Waals surface area contributed by atoms with Crippen LogP contribution in [0.4, 0.5) is 0 Å². The fraction of sp³-hybridized carbons (Fsp3) is 0.583. The summed E-state index contributed by atoms with van der Waals surface area (Å²) in [4.78, 5) is 34.7. The van der Waals surface area contributed by atoms with Gasteiger partial charge in [0, 0.05) is 12.2 Å².